The third-order valence-electron chi connectivity index (χ3n) is 6.52. The van der Waals surface area contributed by atoms with Crippen LogP contribution in [0.2, 0.25) is 0 Å². The van der Waals surface area contributed by atoms with Gasteiger partial charge in [-0.05, 0) is 60.1 Å². The fraction of sp³-hybridized carbons (Fsp3) is 0.231. The van der Waals surface area contributed by atoms with Crippen molar-refractivity contribution in [2.45, 2.75) is 18.9 Å². The van der Waals surface area contributed by atoms with Crippen LogP contribution in [-0.2, 0) is 11.8 Å². The highest BCUT2D eigenvalue weighted by molar-refractivity contribution is 8.09. The fourth-order valence-electron chi connectivity index (χ4n) is 4.91. The number of rotatable bonds is 3. The summed E-state index contributed by atoms with van der Waals surface area (Å²) in [4.78, 5) is 0. The van der Waals surface area contributed by atoms with Crippen molar-refractivity contribution in [2.24, 2.45) is 0 Å². The van der Waals surface area contributed by atoms with Crippen LogP contribution in [0.4, 0.5) is 0 Å². The first-order valence-corrected chi connectivity index (χ1v) is 13.7. The van der Waals surface area contributed by atoms with E-state index in [1.54, 1.807) is 0 Å². The molecule has 4 aromatic rings. The first-order chi connectivity index (χ1) is 15.6. The third kappa shape index (κ3) is 3.32. The fourth-order valence-corrected chi connectivity index (χ4v) is 7.11. The molecular formula is C26H25N2O2PS. The average Bonchev–Trinajstić information content (AvgIpc) is 3.27. The molecule has 0 aromatic heterocycles. The zero-order valence-corrected chi connectivity index (χ0v) is 19.7. The first kappa shape index (κ1) is 20.2. The molecule has 1 saturated heterocycles. The number of hydrogen-bond acceptors (Lipinski definition) is 4. The van der Waals surface area contributed by atoms with Crippen LogP contribution in [-0.4, -0.2) is 30.8 Å². The number of likely N-dealkylation sites (N-methyl/N-ethyl adjacent to an activating group) is 1. The number of hydrogen-bond donors (Lipinski definition) is 1. The summed E-state index contributed by atoms with van der Waals surface area (Å²) < 4.78 is 15.4. The van der Waals surface area contributed by atoms with Crippen LogP contribution in [0.3, 0.4) is 0 Å². The van der Waals surface area contributed by atoms with Crippen molar-refractivity contribution in [1.29, 1.82) is 0 Å². The van der Waals surface area contributed by atoms with Crippen LogP contribution < -0.4 is 14.4 Å². The second-order valence-corrected chi connectivity index (χ2v) is 12.0. The van der Waals surface area contributed by atoms with E-state index in [0.29, 0.717) is 6.04 Å². The lowest BCUT2D eigenvalue weighted by atomic mass is 9.92. The largest absolute Gasteiger partial charge is 0.424 e. The Balaban J connectivity index is 1.59. The summed E-state index contributed by atoms with van der Waals surface area (Å²) in [6.07, 6.45) is 2.36. The predicted molar refractivity (Wildman–Crippen MR) is 136 cm³/mol. The second-order valence-electron chi connectivity index (χ2n) is 8.60. The molecule has 0 spiro atoms. The van der Waals surface area contributed by atoms with Crippen molar-refractivity contribution in [2.75, 3.05) is 20.1 Å². The van der Waals surface area contributed by atoms with Gasteiger partial charge < -0.3 is 14.4 Å². The lowest BCUT2D eigenvalue weighted by Gasteiger charge is -2.31. The molecule has 0 aliphatic carbocycles. The van der Waals surface area contributed by atoms with E-state index in [1.807, 2.05) is 7.05 Å². The first-order valence-electron chi connectivity index (χ1n) is 11.1. The topological polar surface area (TPSA) is 33.7 Å². The predicted octanol–water partition coefficient (Wildman–Crippen LogP) is 6.34. The van der Waals surface area contributed by atoms with Gasteiger partial charge in [0.05, 0.1) is 0 Å². The standard InChI is InChI=1S/C26H25N2O2PS/c1-28(17-20-9-6-16-27-20)31(32)29-23-14-12-18-7-2-4-10-21(18)25(23)26-22-11-5-3-8-19(22)13-15-24(26)30-31/h2-5,7-8,10-15,20,27H,6,9,16-17H2,1H3/t20-/m0/s1. The lowest BCUT2D eigenvalue weighted by molar-refractivity contribution is 0.363. The van der Waals surface area contributed by atoms with Crippen molar-refractivity contribution in [3.8, 4) is 22.6 Å². The molecule has 6 rings (SSSR count). The zero-order valence-electron chi connectivity index (χ0n) is 18.0. The Morgan fingerprint density at radius 1 is 0.875 bits per heavy atom. The molecule has 0 amide bonds. The highest BCUT2D eigenvalue weighted by atomic mass is 32.5. The molecule has 0 bridgehead atoms. The number of fused-ring (bicyclic) bond motifs is 7. The molecule has 0 radical (unpaired) electrons. The second kappa shape index (κ2) is 7.86. The summed E-state index contributed by atoms with van der Waals surface area (Å²) in [6, 6.07) is 25.6. The minimum absolute atomic E-state index is 0.419. The molecule has 1 N–H and O–H groups in total. The summed E-state index contributed by atoms with van der Waals surface area (Å²) in [5.41, 5.74) is 2.13. The van der Waals surface area contributed by atoms with Crippen LogP contribution in [0, 0.1) is 0 Å². The highest BCUT2D eigenvalue weighted by Crippen LogP contribution is 2.60. The van der Waals surface area contributed by atoms with E-state index in [-0.39, 0.29) is 0 Å². The molecule has 32 heavy (non-hydrogen) atoms. The van der Waals surface area contributed by atoms with Crippen LogP contribution in [0.25, 0.3) is 32.7 Å². The van der Waals surface area contributed by atoms with E-state index in [2.05, 4.69) is 82.8 Å². The smallest absolute Gasteiger partial charge is 0.367 e. The van der Waals surface area contributed by atoms with Gasteiger partial charge in [0.25, 0.3) is 0 Å². The Bertz CT molecular complexity index is 1290. The van der Waals surface area contributed by atoms with Gasteiger partial charge in [0.15, 0.2) is 0 Å². The van der Waals surface area contributed by atoms with Crippen molar-refractivity contribution >= 4 is 40.0 Å². The Kier molecular flexibility index (Phi) is 4.96. The van der Waals surface area contributed by atoms with E-state index in [4.69, 9.17) is 20.9 Å². The Morgan fingerprint density at radius 3 is 1.97 bits per heavy atom. The molecule has 162 valence electrons. The van der Waals surface area contributed by atoms with Crippen molar-refractivity contribution in [3.05, 3.63) is 72.8 Å². The molecule has 1 atom stereocenters. The van der Waals surface area contributed by atoms with E-state index < -0.39 is 6.64 Å². The van der Waals surface area contributed by atoms with E-state index in [1.165, 1.54) is 17.2 Å². The highest BCUT2D eigenvalue weighted by Gasteiger charge is 2.36. The lowest BCUT2D eigenvalue weighted by Crippen LogP contribution is -2.35. The zero-order chi connectivity index (χ0) is 21.7. The summed E-state index contributed by atoms with van der Waals surface area (Å²) in [5.74, 6) is 1.60. The van der Waals surface area contributed by atoms with Crippen LogP contribution >= 0.6 is 6.64 Å². The SMILES string of the molecule is CN(C[C@@H]1CCCN1)P1(=S)Oc2ccc3ccccc3c2-c2c(ccc3ccccc23)O1. The van der Waals surface area contributed by atoms with Gasteiger partial charge in [0.1, 0.15) is 11.5 Å². The quantitative estimate of drug-likeness (QED) is 0.361. The molecule has 2 heterocycles. The minimum atomic E-state index is -2.79. The number of benzene rings is 4. The maximum absolute atomic E-state index is 6.66. The number of nitrogens with one attached hydrogen (secondary N) is 1. The molecule has 6 heteroatoms. The average molecular weight is 461 g/mol. The van der Waals surface area contributed by atoms with Crippen LogP contribution in [0.5, 0.6) is 11.5 Å². The Hall–Kier alpha value is -2.43. The van der Waals surface area contributed by atoms with Gasteiger partial charge in [0, 0.05) is 35.5 Å². The summed E-state index contributed by atoms with van der Waals surface area (Å²) in [7, 11) is 2.04. The Labute approximate surface area is 193 Å². The molecule has 0 saturated carbocycles. The Morgan fingerprint density at radius 2 is 1.44 bits per heavy atom. The summed E-state index contributed by atoms with van der Waals surface area (Å²) in [6.45, 7) is -0.923. The van der Waals surface area contributed by atoms with Crippen molar-refractivity contribution in [1.82, 2.24) is 9.99 Å². The molecule has 0 unspecified atom stereocenters. The molecule has 4 nitrogen and oxygen atoms in total. The molecule has 4 aromatic carbocycles. The summed E-state index contributed by atoms with van der Waals surface area (Å²) >= 11 is 6.16. The summed E-state index contributed by atoms with van der Waals surface area (Å²) in [5, 5.41) is 8.21. The van der Waals surface area contributed by atoms with Gasteiger partial charge in [-0.3, -0.25) is 0 Å². The molecule has 2 aliphatic heterocycles. The van der Waals surface area contributed by atoms with Gasteiger partial charge in [-0.1, -0.05) is 60.7 Å². The maximum atomic E-state index is 6.66. The minimum Gasteiger partial charge on any atom is -0.424 e. The third-order valence-corrected chi connectivity index (χ3v) is 9.66. The van der Waals surface area contributed by atoms with E-state index >= 15 is 0 Å². The van der Waals surface area contributed by atoms with Crippen LogP contribution in [0.15, 0.2) is 72.8 Å². The van der Waals surface area contributed by atoms with Gasteiger partial charge in [0.2, 0.25) is 0 Å². The van der Waals surface area contributed by atoms with E-state index in [0.717, 1.165) is 52.9 Å². The number of nitrogens with zero attached hydrogens (tertiary/aromatic N) is 1. The molecular weight excluding hydrogens is 435 g/mol. The normalized spacial score (nSPS) is 19.2. The van der Waals surface area contributed by atoms with Crippen molar-refractivity contribution < 1.29 is 9.05 Å². The van der Waals surface area contributed by atoms with Crippen LogP contribution in [0.1, 0.15) is 12.8 Å². The van der Waals surface area contributed by atoms with Gasteiger partial charge in [-0.15, -0.1) is 0 Å². The van der Waals surface area contributed by atoms with Gasteiger partial charge in [-0.25, -0.2) is 4.67 Å². The maximum Gasteiger partial charge on any atom is 0.367 e. The van der Waals surface area contributed by atoms with Gasteiger partial charge in [-0.2, -0.15) is 0 Å². The molecule has 2 aliphatic rings. The van der Waals surface area contributed by atoms with Crippen molar-refractivity contribution in [3.63, 3.8) is 0 Å². The van der Waals surface area contributed by atoms with E-state index in [9.17, 15) is 0 Å². The monoisotopic (exact) mass is 460 g/mol. The van der Waals surface area contributed by atoms with Gasteiger partial charge >= 0.3 is 6.64 Å². The molecule has 1 fully saturated rings.